The zero-order chi connectivity index (χ0) is 21.7. The average Bonchev–Trinajstić information content (AvgIpc) is 3.23. The van der Waals surface area contributed by atoms with Gasteiger partial charge in [0.25, 0.3) is 0 Å². The second-order valence-electron chi connectivity index (χ2n) is 9.89. The zero-order valence-corrected chi connectivity index (χ0v) is 27.8. The fourth-order valence-corrected chi connectivity index (χ4v) is 7.62. The van der Waals surface area contributed by atoms with Crippen LogP contribution in [0.1, 0.15) is 12.8 Å². The summed E-state index contributed by atoms with van der Waals surface area (Å²) in [5.41, 5.74) is 0. The maximum Gasteiger partial charge on any atom is 4.00 e. The van der Waals surface area contributed by atoms with Crippen LogP contribution in [0.4, 0.5) is 0 Å². The molecule has 0 bridgehead atoms. The van der Waals surface area contributed by atoms with Crippen LogP contribution < -0.4 is 24.8 Å². The summed E-state index contributed by atoms with van der Waals surface area (Å²) >= 11 is 0. The van der Waals surface area contributed by atoms with Crippen LogP contribution in [0.25, 0.3) is 0 Å². The summed E-state index contributed by atoms with van der Waals surface area (Å²) in [6.45, 7) is 20.3. The van der Waals surface area contributed by atoms with E-state index in [1.165, 1.54) is 10.4 Å². The first-order chi connectivity index (χ1) is 13.4. The van der Waals surface area contributed by atoms with Crippen LogP contribution in [0.15, 0.2) is 34.1 Å². The van der Waals surface area contributed by atoms with Crippen molar-refractivity contribution in [2.24, 2.45) is 0 Å². The van der Waals surface area contributed by atoms with E-state index in [0.29, 0.717) is 26.4 Å². The van der Waals surface area contributed by atoms with E-state index in [4.69, 9.17) is 18.3 Å². The van der Waals surface area contributed by atoms with E-state index in [2.05, 4.69) is 76.7 Å². The van der Waals surface area contributed by atoms with Crippen molar-refractivity contribution in [3.8, 4) is 0 Å². The van der Waals surface area contributed by atoms with Crippen molar-refractivity contribution in [1.82, 2.24) is 0 Å². The standard InChI is InChI=1S/C22H38O4Si3.2ClH.Zr/c1-27(2,3)25-17-15-23-19-11-9-13-21(19)29(7,8)22-14-10-12-20(22)24-16-18-26-28(4,5)6;;;/h11-12H,9-10,15-18H2,1-8H3;2*1H;/q-2;;;+4/p-2. The summed E-state index contributed by atoms with van der Waals surface area (Å²) in [7, 11) is -5.01. The Morgan fingerprint density at radius 2 is 1.00 bits per heavy atom. The van der Waals surface area contributed by atoms with Gasteiger partial charge in [0.2, 0.25) is 0 Å². The summed E-state index contributed by atoms with van der Waals surface area (Å²) in [6.07, 6.45) is 13.0. The average molecular weight is 613 g/mol. The summed E-state index contributed by atoms with van der Waals surface area (Å²) < 4.78 is 24.0. The Morgan fingerprint density at radius 3 is 1.31 bits per heavy atom. The third-order valence-corrected chi connectivity index (χ3v) is 10.1. The van der Waals surface area contributed by atoms with E-state index in [9.17, 15) is 0 Å². The van der Waals surface area contributed by atoms with Crippen molar-refractivity contribution in [3.63, 3.8) is 0 Å². The van der Waals surface area contributed by atoms with Crippen molar-refractivity contribution >= 4 is 24.7 Å². The number of ether oxygens (including phenoxy) is 2. The fourth-order valence-electron chi connectivity index (χ4n) is 3.31. The normalized spacial score (nSPS) is 16.0. The molecule has 0 atom stereocenters. The largest absolute Gasteiger partial charge is 4.00 e. The molecule has 0 spiro atoms. The van der Waals surface area contributed by atoms with Crippen LogP contribution in [0.3, 0.4) is 0 Å². The van der Waals surface area contributed by atoms with Gasteiger partial charge in [-0.3, -0.25) is 12.2 Å². The molecule has 0 amide bonds. The molecular weight excluding hydrogens is 575 g/mol. The van der Waals surface area contributed by atoms with Gasteiger partial charge in [-0.2, -0.15) is 10.4 Å². The van der Waals surface area contributed by atoms with E-state index in [1.54, 1.807) is 0 Å². The van der Waals surface area contributed by atoms with E-state index < -0.39 is 24.7 Å². The second kappa shape index (κ2) is 14.9. The predicted octanol–water partition coefficient (Wildman–Crippen LogP) is -0.451. The van der Waals surface area contributed by atoms with Crippen molar-refractivity contribution < 1.29 is 69.3 Å². The minimum atomic E-state index is -2.00. The van der Waals surface area contributed by atoms with Gasteiger partial charge >= 0.3 is 26.2 Å². The van der Waals surface area contributed by atoms with Crippen LogP contribution in [0.2, 0.25) is 52.4 Å². The molecule has 0 aliphatic heterocycles. The van der Waals surface area contributed by atoms with Gasteiger partial charge in [0, 0.05) is 8.07 Å². The van der Waals surface area contributed by atoms with Crippen molar-refractivity contribution in [3.05, 3.63) is 46.2 Å². The molecule has 180 valence electrons. The second-order valence-corrected chi connectivity index (χ2v) is 23.2. The smallest absolute Gasteiger partial charge is 1.00 e. The molecule has 10 heteroatoms. The molecule has 0 aromatic rings. The minimum Gasteiger partial charge on any atom is -1.00 e. The zero-order valence-electron chi connectivity index (χ0n) is 20.8. The van der Waals surface area contributed by atoms with E-state index >= 15 is 0 Å². The number of hydrogen-bond donors (Lipinski definition) is 0. The van der Waals surface area contributed by atoms with Crippen LogP contribution in [-0.2, 0) is 44.5 Å². The van der Waals surface area contributed by atoms with Crippen LogP contribution in [0.5, 0.6) is 0 Å². The first-order valence-electron chi connectivity index (χ1n) is 10.6. The third-order valence-electron chi connectivity index (χ3n) is 4.63. The monoisotopic (exact) mass is 610 g/mol. The van der Waals surface area contributed by atoms with E-state index in [1.807, 2.05) is 0 Å². The molecule has 2 aliphatic rings. The summed E-state index contributed by atoms with van der Waals surface area (Å²) in [5.74, 6) is 1.95. The predicted molar refractivity (Wildman–Crippen MR) is 127 cm³/mol. The first-order valence-corrected chi connectivity index (χ1v) is 20.4. The Bertz CT molecular complexity index is 651. The van der Waals surface area contributed by atoms with Crippen LogP contribution in [-0.4, -0.2) is 51.1 Å². The molecule has 32 heavy (non-hydrogen) atoms. The van der Waals surface area contributed by atoms with Crippen LogP contribution >= 0.6 is 0 Å². The molecule has 0 aromatic carbocycles. The molecule has 0 aromatic heterocycles. The van der Waals surface area contributed by atoms with Crippen molar-refractivity contribution in [1.29, 1.82) is 0 Å². The van der Waals surface area contributed by atoms with E-state index in [-0.39, 0.29) is 51.0 Å². The molecule has 0 radical (unpaired) electrons. The Labute approximate surface area is 230 Å². The molecule has 0 N–H and O–H groups in total. The van der Waals surface area contributed by atoms with Gasteiger partial charge in [-0.15, -0.1) is 25.0 Å². The third kappa shape index (κ3) is 11.3. The Morgan fingerprint density at radius 1 is 0.656 bits per heavy atom. The van der Waals surface area contributed by atoms with E-state index in [0.717, 1.165) is 24.4 Å². The van der Waals surface area contributed by atoms with Gasteiger partial charge in [-0.1, -0.05) is 13.1 Å². The maximum absolute atomic E-state index is 6.10. The summed E-state index contributed by atoms with van der Waals surface area (Å²) in [4.78, 5) is 0. The molecular formula is C22H38Cl2O4Si3Zr. The summed E-state index contributed by atoms with van der Waals surface area (Å²) in [6, 6.07) is 0. The Kier molecular flexibility index (Phi) is 16.2. The first kappa shape index (κ1) is 34.8. The molecule has 0 fully saturated rings. The number of halogens is 2. The van der Waals surface area contributed by atoms with Gasteiger partial charge in [-0.05, 0) is 50.8 Å². The molecule has 0 unspecified atom stereocenters. The molecule has 4 nitrogen and oxygen atoms in total. The fraction of sp³-hybridized carbons (Fsp3) is 0.636. The van der Waals surface area contributed by atoms with Gasteiger partial charge in [0.15, 0.2) is 16.6 Å². The van der Waals surface area contributed by atoms with Crippen molar-refractivity contribution in [2.75, 3.05) is 26.4 Å². The quantitative estimate of drug-likeness (QED) is 0.170. The van der Waals surface area contributed by atoms with Gasteiger partial charge in [0.05, 0.1) is 26.4 Å². The summed E-state index contributed by atoms with van der Waals surface area (Å²) in [5, 5.41) is 2.45. The molecule has 2 aliphatic carbocycles. The topological polar surface area (TPSA) is 36.9 Å². The SMILES string of the molecule is C[Si](C)(C)OCCOC1=CC[C-]=C1[Si](C)(C)C1=[C-]CC=C1OCCO[Si](C)(C)C.[Cl-].[Cl-].[Zr+4]. The number of hydrogen-bond acceptors (Lipinski definition) is 4. The van der Waals surface area contributed by atoms with Gasteiger partial charge in [0.1, 0.15) is 0 Å². The van der Waals surface area contributed by atoms with Gasteiger partial charge in [-0.25, -0.2) is 0 Å². The number of rotatable bonds is 12. The molecule has 0 saturated heterocycles. The number of allylic oxidation sites excluding steroid dienone is 6. The van der Waals surface area contributed by atoms with Gasteiger partial charge < -0.3 is 43.1 Å². The maximum atomic E-state index is 6.10. The Balaban J connectivity index is 0. The van der Waals surface area contributed by atoms with Crippen LogP contribution in [0, 0.1) is 12.2 Å². The van der Waals surface area contributed by atoms with Crippen molar-refractivity contribution in [2.45, 2.75) is 65.2 Å². The Hall–Kier alpha value is 0.594. The molecule has 2 rings (SSSR count). The molecule has 0 heterocycles. The minimum absolute atomic E-state index is 0. The molecule has 0 saturated carbocycles.